The van der Waals surface area contributed by atoms with Crippen molar-refractivity contribution in [3.05, 3.63) is 77.7 Å². The summed E-state index contributed by atoms with van der Waals surface area (Å²) in [4.78, 5) is 28.5. The summed E-state index contributed by atoms with van der Waals surface area (Å²) in [7, 11) is 0. The van der Waals surface area contributed by atoms with E-state index in [2.05, 4.69) is 10.3 Å². The van der Waals surface area contributed by atoms with E-state index in [0.29, 0.717) is 16.6 Å². The van der Waals surface area contributed by atoms with Crippen LogP contribution in [0.1, 0.15) is 15.9 Å². The first-order valence-electron chi connectivity index (χ1n) is 7.73. The molecular weight excluding hydrogens is 321 g/mol. The first-order valence-corrected chi connectivity index (χ1v) is 7.73. The summed E-state index contributed by atoms with van der Waals surface area (Å²) in [5.74, 6) is -1.66. The van der Waals surface area contributed by atoms with E-state index in [-0.39, 0.29) is 6.42 Å². The Labute approximate surface area is 143 Å². The molecule has 0 aliphatic carbocycles. The molecule has 126 valence electrons. The van der Waals surface area contributed by atoms with Crippen molar-refractivity contribution in [3.63, 3.8) is 0 Å². The van der Waals surface area contributed by atoms with Crippen molar-refractivity contribution in [1.29, 1.82) is 0 Å². The second-order valence-electron chi connectivity index (χ2n) is 5.60. The molecule has 0 aliphatic rings. The fraction of sp³-hybridized carbons (Fsp3) is 0.105. The van der Waals surface area contributed by atoms with Gasteiger partial charge in [0.1, 0.15) is 11.9 Å². The molecule has 6 heteroatoms. The summed E-state index contributed by atoms with van der Waals surface area (Å²) < 4.78 is 13.8. The van der Waals surface area contributed by atoms with E-state index in [1.165, 1.54) is 6.07 Å². The second-order valence-corrected chi connectivity index (χ2v) is 5.60. The largest absolute Gasteiger partial charge is 0.368 e. The Morgan fingerprint density at radius 2 is 1.84 bits per heavy atom. The summed E-state index contributed by atoms with van der Waals surface area (Å²) in [5, 5.41) is 3.39. The highest BCUT2D eigenvalue weighted by atomic mass is 19.1. The molecule has 1 atom stereocenters. The van der Waals surface area contributed by atoms with Crippen LogP contribution in [0.25, 0.3) is 10.9 Å². The summed E-state index contributed by atoms with van der Waals surface area (Å²) in [6.45, 7) is 0. The molecule has 0 spiro atoms. The molecule has 0 fully saturated rings. The molecule has 3 aromatic rings. The highest BCUT2D eigenvalue weighted by Gasteiger charge is 2.22. The lowest BCUT2D eigenvalue weighted by Gasteiger charge is -2.16. The number of halogens is 1. The standard InChI is InChI=1S/C19H16FN3O2/c20-15-9-2-1-5-13(15)11-16(18(21)24)23-19(25)14-8-3-6-12-7-4-10-22-17(12)14/h1-10,16H,11H2,(H2,21,24)(H,23,25)/t16-/m0/s1. The minimum atomic E-state index is -1.02. The number of carbonyl (C=O) groups excluding carboxylic acids is 2. The predicted octanol–water partition coefficient (Wildman–Crippen LogP) is 2.20. The number of hydrogen-bond donors (Lipinski definition) is 2. The van der Waals surface area contributed by atoms with Gasteiger partial charge in [0, 0.05) is 18.0 Å². The third-order valence-electron chi connectivity index (χ3n) is 3.91. The molecule has 0 saturated carbocycles. The average molecular weight is 337 g/mol. The summed E-state index contributed by atoms with van der Waals surface area (Å²) in [6, 6.07) is 13.8. The number of primary amides is 1. The van der Waals surface area contributed by atoms with Crippen molar-refractivity contribution >= 4 is 22.7 Å². The van der Waals surface area contributed by atoms with E-state index < -0.39 is 23.7 Å². The third-order valence-corrected chi connectivity index (χ3v) is 3.91. The highest BCUT2D eigenvalue weighted by molar-refractivity contribution is 6.06. The maximum Gasteiger partial charge on any atom is 0.254 e. The predicted molar refractivity (Wildman–Crippen MR) is 92.3 cm³/mol. The van der Waals surface area contributed by atoms with Gasteiger partial charge in [-0.1, -0.05) is 36.4 Å². The summed E-state index contributed by atoms with van der Waals surface area (Å²) in [6.07, 6.45) is 1.57. The van der Waals surface area contributed by atoms with Crippen LogP contribution in [0.4, 0.5) is 4.39 Å². The van der Waals surface area contributed by atoms with Crippen LogP contribution in [0.15, 0.2) is 60.8 Å². The van der Waals surface area contributed by atoms with Gasteiger partial charge in [-0.25, -0.2) is 4.39 Å². The molecule has 0 aliphatic heterocycles. The molecule has 3 N–H and O–H groups in total. The van der Waals surface area contributed by atoms with Crippen molar-refractivity contribution in [2.75, 3.05) is 0 Å². The molecule has 0 bridgehead atoms. The van der Waals surface area contributed by atoms with Gasteiger partial charge in [-0.3, -0.25) is 14.6 Å². The Hall–Kier alpha value is -3.28. The van der Waals surface area contributed by atoms with Crippen molar-refractivity contribution in [2.24, 2.45) is 5.73 Å². The first-order chi connectivity index (χ1) is 12.1. The summed E-state index contributed by atoms with van der Waals surface area (Å²) in [5.41, 5.74) is 6.55. The number of hydrogen-bond acceptors (Lipinski definition) is 3. The monoisotopic (exact) mass is 337 g/mol. The Morgan fingerprint density at radius 1 is 1.08 bits per heavy atom. The minimum absolute atomic E-state index is 0.0219. The summed E-state index contributed by atoms with van der Waals surface area (Å²) >= 11 is 0. The Morgan fingerprint density at radius 3 is 2.60 bits per heavy atom. The van der Waals surface area contributed by atoms with Gasteiger partial charge in [0.15, 0.2) is 0 Å². The molecule has 2 aromatic carbocycles. The fourth-order valence-electron chi connectivity index (χ4n) is 2.63. The lowest BCUT2D eigenvalue weighted by atomic mass is 10.0. The van der Waals surface area contributed by atoms with E-state index >= 15 is 0 Å². The minimum Gasteiger partial charge on any atom is -0.368 e. The van der Waals surface area contributed by atoms with Crippen LogP contribution in [0.5, 0.6) is 0 Å². The smallest absolute Gasteiger partial charge is 0.254 e. The zero-order valence-corrected chi connectivity index (χ0v) is 13.3. The molecule has 0 radical (unpaired) electrons. The molecule has 0 unspecified atom stereocenters. The number of amides is 2. The van der Waals surface area contributed by atoms with Crippen LogP contribution >= 0.6 is 0 Å². The number of carbonyl (C=O) groups is 2. The van der Waals surface area contributed by atoms with Crippen molar-refractivity contribution in [3.8, 4) is 0 Å². The van der Waals surface area contributed by atoms with Gasteiger partial charge in [-0.05, 0) is 23.8 Å². The topological polar surface area (TPSA) is 85.1 Å². The number of benzene rings is 2. The van der Waals surface area contributed by atoms with Gasteiger partial charge in [-0.15, -0.1) is 0 Å². The zero-order valence-electron chi connectivity index (χ0n) is 13.3. The van der Waals surface area contributed by atoms with E-state index in [1.54, 1.807) is 42.6 Å². The van der Waals surface area contributed by atoms with Crippen LogP contribution in [0, 0.1) is 5.82 Å². The van der Waals surface area contributed by atoms with Gasteiger partial charge in [0.05, 0.1) is 11.1 Å². The van der Waals surface area contributed by atoms with Crippen molar-refractivity contribution < 1.29 is 14.0 Å². The Balaban J connectivity index is 1.86. The van der Waals surface area contributed by atoms with Crippen molar-refractivity contribution in [2.45, 2.75) is 12.5 Å². The molecular formula is C19H16FN3O2. The molecule has 2 amide bonds. The lowest BCUT2D eigenvalue weighted by Crippen LogP contribution is -2.46. The number of nitrogens with zero attached hydrogens (tertiary/aromatic N) is 1. The van der Waals surface area contributed by atoms with Gasteiger partial charge in [-0.2, -0.15) is 0 Å². The maximum atomic E-state index is 13.8. The quantitative estimate of drug-likeness (QED) is 0.748. The number of nitrogens with two attached hydrogens (primary N) is 1. The zero-order chi connectivity index (χ0) is 17.8. The van der Waals surface area contributed by atoms with E-state index in [4.69, 9.17) is 5.73 Å². The van der Waals surface area contributed by atoms with Crippen LogP contribution in [-0.2, 0) is 11.2 Å². The molecule has 1 aromatic heterocycles. The average Bonchev–Trinajstić information content (AvgIpc) is 2.62. The molecule has 25 heavy (non-hydrogen) atoms. The van der Waals surface area contributed by atoms with Gasteiger partial charge < -0.3 is 11.1 Å². The normalized spacial score (nSPS) is 11.9. The number of nitrogens with one attached hydrogen (secondary N) is 1. The van der Waals surface area contributed by atoms with Gasteiger partial charge in [0.25, 0.3) is 5.91 Å². The number of rotatable bonds is 5. The van der Waals surface area contributed by atoms with Gasteiger partial charge >= 0.3 is 0 Å². The SMILES string of the molecule is NC(=O)[C@H](Cc1ccccc1F)NC(=O)c1cccc2cccnc12. The number of para-hydroxylation sites is 1. The van der Waals surface area contributed by atoms with Gasteiger partial charge in [0.2, 0.25) is 5.91 Å². The highest BCUT2D eigenvalue weighted by Crippen LogP contribution is 2.16. The van der Waals surface area contributed by atoms with E-state index in [0.717, 1.165) is 5.39 Å². The molecule has 5 nitrogen and oxygen atoms in total. The van der Waals surface area contributed by atoms with Crippen LogP contribution in [0.3, 0.4) is 0 Å². The van der Waals surface area contributed by atoms with Crippen LogP contribution in [0.2, 0.25) is 0 Å². The molecule has 3 rings (SSSR count). The second kappa shape index (κ2) is 7.09. The van der Waals surface area contributed by atoms with E-state index in [9.17, 15) is 14.0 Å². The number of pyridine rings is 1. The maximum absolute atomic E-state index is 13.8. The Bertz CT molecular complexity index is 937. The van der Waals surface area contributed by atoms with Crippen molar-refractivity contribution in [1.82, 2.24) is 10.3 Å². The molecule has 0 saturated heterocycles. The third kappa shape index (κ3) is 3.63. The fourth-order valence-corrected chi connectivity index (χ4v) is 2.63. The Kier molecular flexibility index (Phi) is 4.70. The van der Waals surface area contributed by atoms with E-state index in [1.807, 2.05) is 12.1 Å². The lowest BCUT2D eigenvalue weighted by molar-refractivity contribution is -0.119. The molecule has 1 heterocycles. The number of aromatic nitrogens is 1. The van der Waals surface area contributed by atoms with Crippen LogP contribution in [-0.4, -0.2) is 22.8 Å². The first kappa shape index (κ1) is 16.6. The number of fused-ring (bicyclic) bond motifs is 1. The van der Waals surface area contributed by atoms with Crippen LogP contribution < -0.4 is 11.1 Å².